The molecule has 0 spiro atoms. The van der Waals surface area contributed by atoms with Crippen LogP contribution in [0.2, 0.25) is 0 Å². The first-order valence-corrected chi connectivity index (χ1v) is 7.56. The molecule has 0 saturated carbocycles. The molecule has 2 rings (SSSR count). The average Bonchev–Trinajstić information content (AvgIpc) is 2.55. The molecule has 2 aromatic rings. The Morgan fingerprint density at radius 3 is 2.46 bits per heavy atom. The van der Waals surface area contributed by atoms with E-state index in [0.29, 0.717) is 17.5 Å². The summed E-state index contributed by atoms with van der Waals surface area (Å²) in [7, 11) is 0. The summed E-state index contributed by atoms with van der Waals surface area (Å²) in [4.78, 5) is 23.4. The van der Waals surface area contributed by atoms with Crippen molar-refractivity contribution in [2.24, 2.45) is 0 Å². The minimum absolute atomic E-state index is 0.000264. The highest BCUT2D eigenvalue weighted by atomic mass is 19.1. The van der Waals surface area contributed by atoms with Crippen molar-refractivity contribution in [2.45, 2.75) is 12.8 Å². The number of carbonyl (C=O) groups excluding carboxylic acids is 2. The Kier molecular flexibility index (Phi) is 6.42. The predicted octanol–water partition coefficient (Wildman–Crippen LogP) is 1.98. The zero-order valence-electron chi connectivity index (χ0n) is 13.0. The number of nitrogens with one attached hydrogen (secondary N) is 2. The SMILES string of the molecule is O=C(CNC(=O)Cc1cccc(F)c1)NCCc1ccccc1F. The second-order valence-electron chi connectivity index (χ2n) is 5.27. The monoisotopic (exact) mass is 332 g/mol. The van der Waals surface area contributed by atoms with E-state index in [-0.39, 0.29) is 37.1 Å². The molecule has 6 heteroatoms. The topological polar surface area (TPSA) is 58.2 Å². The standard InChI is InChI=1S/C18H18F2N2O2/c19-15-6-3-4-13(10-15)11-17(23)22-12-18(24)21-9-8-14-5-1-2-7-16(14)20/h1-7,10H,8-9,11-12H2,(H,21,24)(H,22,23). The molecule has 4 nitrogen and oxygen atoms in total. The average molecular weight is 332 g/mol. The lowest BCUT2D eigenvalue weighted by atomic mass is 10.1. The fourth-order valence-corrected chi connectivity index (χ4v) is 2.17. The van der Waals surface area contributed by atoms with Crippen molar-refractivity contribution in [3.63, 3.8) is 0 Å². The molecule has 0 aliphatic carbocycles. The number of benzene rings is 2. The van der Waals surface area contributed by atoms with E-state index in [1.165, 1.54) is 24.3 Å². The highest BCUT2D eigenvalue weighted by molar-refractivity contribution is 5.85. The third-order valence-corrected chi connectivity index (χ3v) is 3.37. The maximum absolute atomic E-state index is 13.4. The fraction of sp³-hybridized carbons (Fsp3) is 0.222. The summed E-state index contributed by atoms with van der Waals surface area (Å²) in [5.74, 6) is -1.45. The van der Waals surface area contributed by atoms with Gasteiger partial charge in [-0.05, 0) is 35.7 Å². The fourth-order valence-electron chi connectivity index (χ4n) is 2.17. The van der Waals surface area contributed by atoms with Gasteiger partial charge in [-0.2, -0.15) is 0 Å². The Bertz CT molecular complexity index is 720. The van der Waals surface area contributed by atoms with Crippen molar-refractivity contribution >= 4 is 11.8 Å². The molecule has 0 bridgehead atoms. The Balaban J connectivity index is 1.67. The molecule has 0 aromatic heterocycles. The number of halogens is 2. The summed E-state index contributed by atoms with van der Waals surface area (Å²) in [6.45, 7) is 0.102. The van der Waals surface area contributed by atoms with Gasteiger partial charge in [0.15, 0.2) is 0 Å². The smallest absolute Gasteiger partial charge is 0.239 e. The van der Waals surface area contributed by atoms with Gasteiger partial charge in [-0.25, -0.2) is 8.78 Å². The Labute approximate surface area is 138 Å². The van der Waals surface area contributed by atoms with Gasteiger partial charge in [-0.1, -0.05) is 30.3 Å². The number of carbonyl (C=O) groups is 2. The summed E-state index contributed by atoms with van der Waals surface area (Å²) in [6, 6.07) is 12.1. The van der Waals surface area contributed by atoms with E-state index >= 15 is 0 Å². The van der Waals surface area contributed by atoms with Crippen LogP contribution in [0.15, 0.2) is 48.5 Å². The Hall–Kier alpha value is -2.76. The molecule has 2 N–H and O–H groups in total. The van der Waals surface area contributed by atoms with Crippen LogP contribution in [-0.4, -0.2) is 24.9 Å². The van der Waals surface area contributed by atoms with Gasteiger partial charge in [0.05, 0.1) is 13.0 Å². The van der Waals surface area contributed by atoms with Crippen molar-refractivity contribution < 1.29 is 18.4 Å². The van der Waals surface area contributed by atoms with Gasteiger partial charge in [0.1, 0.15) is 11.6 Å². The lowest BCUT2D eigenvalue weighted by Crippen LogP contribution is -2.38. The molecule has 2 aromatic carbocycles. The second-order valence-corrected chi connectivity index (χ2v) is 5.27. The first-order valence-electron chi connectivity index (χ1n) is 7.56. The van der Waals surface area contributed by atoms with E-state index in [0.717, 1.165) is 0 Å². The van der Waals surface area contributed by atoms with E-state index in [9.17, 15) is 18.4 Å². The molecule has 0 aliphatic heterocycles. The van der Waals surface area contributed by atoms with Gasteiger partial charge in [-0.15, -0.1) is 0 Å². The minimum Gasteiger partial charge on any atom is -0.354 e. The summed E-state index contributed by atoms with van der Waals surface area (Å²) >= 11 is 0. The van der Waals surface area contributed by atoms with Crippen molar-refractivity contribution in [3.05, 3.63) is 71.3 Å². The van der Waals surface area contributed by atoms with Crippen LogP contribution in [0.25, 0.3) is 0 Å². The molecule has 2 amide bonds. The highest BCUT2D eigenvalue weighted by Gasteiger charge is 2.07. The molecule has 0 fully saturated rings. The minimum atomic E-state index is -0.411. The molecule has 0 radical (unpaired) electrons. The van der Waals surface area contributed by atoms with E-state index in [1.807, 2.05) is 0 Å². The molecular formula is C18H18F2N2O2. The Morgan fingerprint density at radius 1 is 0.917 bits per heavy atom. The van der Waals surface area contributed by atoms with Gasteiger partial charge >= 0.3 is 0 Å². The lowest BCUT2D eigenvalue weighted by Gasteiger charge is -2.08. The van der Waals surface area contributed by atoms with Gasteiger partial charge in [0.25, 0.3) is 0 Å². The summed E-state index contributed by atoms with van der Waals surface area (Å²) in [6.07, 6.45) is 0.371. The molecule has 24 heavy (non-hydrogen) atoms. The zero-order valence-corrected chi connectivity index (χ0v) is 13.0. The molecule has 126 valence electrons. The largest absolute Gasteiger partial charge is 0.354 e. The van der Waals surface area contributed by atoms with Crippen LogP contribution in [0.3, 0.4) is 0 Å². The molecule has 0 saturated heterocycles. The number of hydrogen-bond acceptors (Lipinski definition) is 2. The third-order valence-electron chi connectivity index (χ3n) is 3.37. The van der Waals surface area contributed by atoms with E-state index < -0.39 is 5.82 Å². The molecule has 0 unspecified atom stereocenters. The highest BCUT2D eigenvalue weighted by Crippen LogP contribution is 2.06. The van der Waals surface area contributed by atoms with Crippen LogP contribution in [0.1, 0.15) is 11.1 Å². The summed E-state index contributed by atoms with van der Waals surface area (Å²) < 4.78 is 26.4. The van der Waals surface area contributed by atoms with Crippen LogP contribution in [0, 0.1) is 11.6 Å². The van der Waals surface area contributed by atoms with Crippen molar-refractivity contribution in [2.75, 3.05) is 13.1 Å². The third kappa shape index (κ3) is 5.79. The maximum Gasteiger partial charge on any atom is 0.239 e. The van der Waals surface area contributed by atoms with E-state index in [4.69, 9.17) is 0 Å². The quantitative estimate of drug-likeness (QED) is 0.815. The molecule has 0 heterocycles. The second kappa shape index (κ2) is 8.76. The van der Waals surface area contributed by atoms with Gasteiger partial charge in [0, 0.05) is 6.54 Å². The first-order chi connectivity index (χ1) is 11.5. The summed E-state index contributed by atoms with van der Waals surface area (Å²) in [5.41, 5.74) is 1.06. The lowest BCUT2D eigenvalue weighted by molar-refractivity contribution is -0.125. The normalized spacial score (nSPS) is 10.2. The van der Waals surface area contributed by atoms with Crippen LogP contribution in [-0.2, 0) is 22.4 Å². The number of amides is 2. The van der Waals surface area contributed by atoms with Crippen LogP contribution in [0.5, 0.6) is 0 Å². The maximum atomic E-state index is 13.4. The number of hydrogen-bond donors (Lipinski definition) is 2. The van der Waals surface area contributed by atoms with E-state index in [2.05, 4.69) is 10.6 Å². The van der Waals surface area contributed by atoms with E-state index in [1.54, 1.807) is 24.3 Å². The van der Waals surface area contributed by atoms with Crippen LogP contribution < -0.4 is 10.6 Å². The van der Waals surface area contributed by atoms with Crippen molar-refractivity contribution in [1.82, 2.24) is 10.6 Å². The van der Waals surface area contributed by atoms with Crippen molar-refractivity contribution in [1.29, 1.82) is 0 Å². The zero-order chi connectivity index (χ0) is 17.4. The number of rotatable bonds is 7. The summed E-state index contributed by atoms with van der Waals surface area (Å²) in [5, 5.41) is 5.07. The first kappa shape index (κ1) is 17.6. The predicted molar refractivity (Wildman–Crippen MR) is 86.2 cm³/mol. The van der Waals surface area contributed by atoms with Gasteiger partial charge < -0.3 is 10.6 Å². The van der Waals surface area contributed by atoms with Crippen molar-refractivity contribution in [3.8, 4) is 0 Å². The van der Waals surface area contributed by atoms with Crippen LogP contribution in [0.4, 0.5) is 8.78 Å². The molecular weight excluding hydrogens is 314 g/mol. The molecule has 0 aliphatic rings. The Morgan fingerprint density at radius 2 is 1.71 bits per heavy atom. The molecule has 0 atom stereocenters. The van der Waals surface area contributed by atoms with Gasteiger partial charge in [0.2, 0.25) is 11.8 Å². The van der Waals surface area contributed by atoms with Gasteiger partial charge in [-0.3, -0.25) is 9.59 Å². The van der Waals surface area contributed by atoms with Crippen LogP contribution >= 0.6 is 0 Å².